The van der Waals surface area contributed by atoms with Gasteiger partial charge in [-0.05, 0) is 40.0 Å². The van der Waals surface area contributed by atoms with Crippen molar-refractivity contribution >= 4 is 15.6 Å². The summed E-state index contributed by atoms with van der Waals surface area (Å²) in [6.45, 7) is 17.5. The van der Waals surface area contributed by atoms with Gasteiger partial charge in [-0.15, -0.1) is 0 Å². The molecule has 0 saturated heterocycles. The van der Waals surface area contributed by atoms with Gasteiger partial charge in [-0.25, -0.2) is 8.42 Å². The first-order valence-electron chi connectivity index (χ1n) is 9.75. The quantitative estimate of drug-likeness (QED) is 0.276. The van der Waals surface area contributed by atoms with E-state index in [1.165, 1.54) is 27.2 Å². The fourth-order valence-electron chi connectivity index (χ4n) is 0.161. The summed E-state index contributed by atoms with van der Waals surface area (Å²) in [7, 11) is -2.17. The lowest BCUT2D eigenvalue weighted by Gasteiger charge is -2.29. The summed E-state index contributed by atoms with van der Waals surface area (Å²) in [5, 5.41) is 0. The van der Waals surface area contributed by atoms with E-state index in [1.54, 1.807) is 0 Å². The molecular weight excluding hydrogens is 508 g/mol. The maximum atomic E-state index is 11.6. The van der Waals surface area contributed by atoms with Gasteiger partial charge in [0.05, 0.1) is 13.9 Å². The van der Waals surface area contributed by atoms with Crippen LogP contribution in [0.5, 0.6) is 0 Å². The molecule has 12 heteroatoms. The van der Waals surface area contributed by atoms with Crippen molar-refractivity contribution in [3.63, 3.8) is 0 Å². The van der Waals surface area contributed by atoms with Crippen molar-refractivity contribution in [2.45, 2.75) is 110 Å². The number of ketones is 1. The van der Waals surface area contributed by atoms with Crippen molar-refractivity contribution in [1.82, 2.24) is 0 Å². The zero-order valence-electron chi connectivity index (χ0n) is 22.6. The molecule has 0 aromatic carbocycles. The minimum absolute atomic E-state index is 0. The maximum Gasteiger partial charge on any atom is 0.402 e. The van der Waals surface area contributed by atoms with E-state index in [0.717, 1.165) is 12.5 Å². The molecule has 35 heavy (non-hydrogen) atoms. The summed E-state index contributed by atoms with van der Waals surface area (Å²) in [5.74, 6) is 0.167. The van der Waals surface area contributed by atoms with Crippen LogP contribution in [0, 0.1) is 10.8 Å². The van der Waals surface area contributed by atoms with E-state index in [1.807, 2.05) is 0 Å². The number of hydrogen-bond acceptors (Lipinski definition) is 3. The zero-order chi connectivity index (χ0) is 29.5. The second-order valence-corrected chi connectivity index (χ2v) is 10.9. The number of rotatable bonds is 0. The van der Waals surface area contributed by atoms with Crippen LogP contribution in [0.3, 0.4) is 0 Å². The van der Waals surface area contributed by atoms with Crippen molar-refractivity contribution in [2.75, 3.05) is 26.4 Å². The van der Waals surface area contributed by atoms with Crippen molar-refractivity contribution in [3.8, 4) is 0 Å². The molecule has 0 unspecified atom stereocenters. The molecule has 0 heterocycles. The first-order valence-corrected chi connectivity index (χ1v) is 12.1. The van der Waals surface area contributed by atoms with Crippen molar-refractivity contribution in [2.24, 2.45) is 10.8 Å². The number of carbonyl (C=O) groups is 1. The molecule has 0 N–H and O–H groups in total. The van der Waals surface area contributed by atoms with Crippen LogP contribution in [0.15, 0.2) is 0 Å². The van der Waals surface area contributed by atoms with Gasteiger partial charge in [0, 0.05) is 12.5 Å². The molecule has 0 aliphatic rings. The summed E-state index contributed by atoms with van der Waals surface area (Å²) < 4.78 is 109. The van der Waals surface area contributed by atoms with Crippen LogP contribution in [0.1, 0.15) is 97.4 Å². The Morgan fingerprint density at radius 2 is 0.743 bits per heavy atom. The van der Waals surface area contributed by atoms with Gasteiger partial charge in [-0.1, -0.05) is 62.8 Å². The Labute approximate surface area is 211 Å². The average molecular weight is 563 g/mol. The number of alkyl halides is 8. The molecular formula is C23H54F8O3S. The largest absolute Gasteiger partial charge is 0.402 e. The van der Waals surface area contributed by atoms with Crippen molar-refractivity contribution < 1.29 is 48.3 Å². The molecule has 0 spiro atoms. The SMILES string of the molecule is C.C.CC(C)(C(F)(F)F)C(F)(F)F.CC(C)(C)C.CC(C)=O.CCC.CCF.CF.CS(C)(=O)=O. The summed E-state index contributed by atoms with van der Waals surface area (Å²) >= 11 is 0. The number of carbonyl (C=O) groups excluding carboxylic acids is 1. The Balaban J connectivity index is -0.0000000347. The predicted octanol–water partition coefficient (Wildman–Crippen LogP) is 9.70. The average Bonchev–Trinajstić information content (AvgIpc) is 2.44. The normalized spacial score (nSPS) is 10.1. The van der Waals surface area contributed by atoms with E-state index in [9.17, 15) is 48.3 Å². The second-order valence-electron chi connectivity index (χ2n) is 8.65. The fourth-order valence-corrected chi connectivity index (χ4v) is 0.161. The molecule has 0 fully saturated rings. The molecule has 0 amide bonds. The third kappa shape index (κ3) is 110. The van der Waals surface area contributed by atoms with Crippen LogP contribution in [-0.2, 0) is 14.6 Å². The first-order chi connectivity index (χ1) is 14.1. The van der Waals surface area contributed by atoms with Gasteiger partial charge >= 0.3 is 12.4 Å². The van der Waals surface area contributed by atoms with E-state index in [0.29, 0.717) is 12.6 Å². The van der Waals surface area contributed by atoms with E-state index >= 15 is 0 Å². The molecule has 226 valence electrons. The summed E-state index contributed by atoms with van der Waals surface area (Å²) in [5.41, 5.74) is -3.12. The monoisotopic (exact) mass is 562 g/mol. The highest BCUT2D eigenvalue weighted by molar-refractivity contribution is 7.89. The predicted molar refractivity (Wildman–Crippen MR) is 136 cm³/mol. The van der Waals surface area contributed by atoms with Gasteiger partial charge in [-0.3, -0.25) is 8.78 Å². The van der Waals surface area contributed by atoms with Crippen LogP contribution >= 0.6 is 0 Å². The molecule has 0 aromatic heterocycles. The Kier molecular flexibility index (Phi) is 49.6. The first kappa shape index (κ1) is 59.3. The molecule has 0 aliphatic carbocycles. The fraction of sp³-hybridized carbons (Fsp3) is 0.957. The topological polar surface area (TPSA) is 51.2 Å². The van der Waals surface area contributed by atoms with Crippen LogP contribution in [0.25, 0.3) is 0 Å². The van der Waals surface area contributed by atoms with Gasteiger partial charge in [0.15, 0.2) is 5.41 Å². The molecule has 0 aromatic rings. The number of Topliss-reactive ketones (excluding diaryl/α,β-unsaturated/α-hetero) is 1. The Morgan fingerprint density at radius 3 is 0.743 bits per heavy atom. The standard InChI is InChI=1S/C5H6F6.C5H12.C3H6O.C3H8.C2H5F.C2H6O2S.CH3F.2CH4/c1-3(2,4(6,7)8)5(9,10)11;1-5(2,3)4;1-3(2)4;1-3-2;1-2-3;1-5(2,3)4;1-2;;/h1-2H3;1-4H3;1-2H3;3H2,1-2H3;2H2,1H3;1-2H3;1H3;2*1H4. The van der Waals surface area contributed by atoms with E-state index < -0.39 is 27.6 Å². The summed E-state index contributed by atoms with van der Waals surface area (Å²) in [4.78, 5) is 9.44. The van der Waals surface area contributed by atoms with Gasteiger partial charge in [0.1, 0.15) is 15.6 Å². The van der Waals surface area contributed by atoms with E-state index in [2.05, 4.69) is 41.5 Å². The zero-order valence-corrected chi connectivity index (χ0v) is 23.4. The van der Waals surface area contributed by atoms with Crippen LogP contribution in [0.2, 0.25) is 0 Å². The Morgan fingerprint density at radius 1 is 0.686 bits per heavy atom. The lowest BCUT2D eigenvalue weighted by atomic mass is 9.92. The van der Waals surface area contributed by atoms with Gasteiger partial charge in [0.25, 0.3) is 0 Å². The third-order valence-corrected chi connectivity index (χ3v) is 1.42. The molecule has 0 atom stereocenters. The molecule has 3 nitrogen and oxygen atoms in total. The van der Waals surface area contributed by atoms with E-state index in [-0.39, 0.29) is 41.2 Å². The van der Waals surface area contributed by atoms with Crippen LogP contribution in [-0.4, -0.2) is 52.9 Å². The van der Waals surface area contributed by atoms with E-state index in [4.69, 9.17) is 0 Å². The highest BCUT2D eigenvalue weighted by atomic mass is 32.2. The number of halogens is 8. The lowest BCUT2D eigenvalue weighted by molar-refractivity contribution is -0.327. The van der Waals surface area contributed by atoms with Gasteiger partial charge in [-0.2, -0.15) is 26.3 Å². The lowest BCUT2D eigenvalue weighted by Crippen LogP contribution is -2.44. The minimum atomic E-state index is -5.24. The van der Waals surface area contributed by atoms with Crippen LogP contribution < -0.4 is 0 Å². The molecule has 0 saturated carbocycles. The maximum absolute atomic E-state index is 11.6. The molecule has 0 rings (SSSR count). The molecule has 0 bridgehead atoms. The summed E-state index contributed by atoms with van der Waals surface area (Å²) in [6.07, 6.45) is -6.92. The highest BCUT2D eigenvalue weighted by Gasteiger charge is 2.64. The Bertz CT molecular complexity index is 470. The Hall–Kier alpha value is -0.940. The van der Waals surface area contributed by atoms with Gasteiger partial charge < -0.3 is 4.79 Å². The number of hydrogen-bond donors (Lipinski definition) is 0. The number of sulfone groups is 1. The second kappa shape index (κ2) is 29.3. The van der Waals surface area contributed by atoms with Crippen molar-refractivity contribution in [3.05, 3.63) is 0 Å². The highest BCUT2D eigenvalue weighted by Crippen LogP contribution is 2.49. The minimum Gasteiger partial charge on any atom is -0.300 e. The molecule has 0 aliphatic heterocycles. The van der Waals surface area contributed by atoms with Crippen molar-refractivity contribution in [1.29, 1.82) is 0 Å². The van der Waals surface area contributed by atoms with Gasteiger partial charge in [0.2, 0.25) is 0 Å². The third-order valence-electron chi connectivity index (χ3n) is 1.42. The molecule has 0 radical (unpaired) electrons. The van der Waals surface area contributed by atoms with Crippen LogP contribution in [0.4, 0.5) is 35.1 Å². The summed E-state index contributed by atoms with van der Waals surface area (Å²) in [6, 6.07) is 0. The smallest absolute Gasteiger partial charge is 0.300 e.